The van der Waals surface area contributed by atoms with Gasteiger partial charge in [-0.25, -0.2) is 4.39 Å². The van der Waals surface area contributed by atoms with E-state index in [-0.39, 0.29) is 12.0 Å². The molecule has 1 aromatic rings. The highest BCUT2D eigenvalue weighted by atomic mass is 19.1. The molecule has 0 aliphatic heterocycles. The van der Waals surface area contributed by atoms with E-state index < -0.39 is 17.8 Å². The number of hydrogen-bond donors (Lipinski definition) is 1. The van der Waals surface area contributed by atoms with E-state index in [2.05, 4.69) is 4.74 Å². The number of nitrogens with zero attached hydrogens (tertiary/aromatic N) is 1. The maximum absolute atomic E-state index is 12.8. The van der Waals surface area contributed by atoms with Crippen molar-refractivity contribution in [1.82, 2.24) is 0 Å². The lowest BCUT2D eigenvalue weighted by Crippen LogP contribution is -2.33. The molecule has 0 heterocycles. The summed E-state index contributed by atoms with van der Waals surface area (Å²) in [5, 5.41) is 8.78. The van der Waals surface area contributed by atoms with Crippen molar-refractivity contribution < 1.29 is 13.9 Å². The van der Waals surface area contributed by atoms with Crippen molar-refractivity contribution in [3.8, 4) is 6.07 Å². The smallest absolute Gasteiger partial charge is 0.322 e. The first-order valence-corrected chi connectivity index (χ1v) is 4.60. The lowest BCUT2D eigenvalue weighted by atomic mass is 10.0. The quantitative estimate of drug-likeness (QED) is 0.765. The van der Waals surface area contributed by atoms with Gasteiger partial charge in [0.25, 0.3) is 0 Å². The third-order valence-corrected chi connectivity index (χ3v) is 2.14. The summed E-state index contributed by atoms with van der Waals surface area (Å²) < 4.78 is 17.3. The van der Waals surface area contributed by atoms with E-state index in [1.54, 1.807) is 0 Å². The lowest BCUT2D eigenvalue weighted by Gasteiger charge is -2.10. The Hall–Kier alpha value is -1.93. The molecule has 0 spiro atoms. The van der Waals surface area contributed by atoms with E-state index in [9.17, 15) is 9.18 Å². The Morgan fingerprint density at radius 1 is 1.69 bits per heavy atom. The van der Waals surface area contributed by atoms with E-state index in [4.69, 9.17) is 11.0 Å². The fraction of sp³-hybridized carbons (Fsp3) is 0.273. The third kappa shape index (κ3) is 2.78. The summed E-state index contributed by atoms with van der Waals surface area (Å²) in [5.74, 6) is -1.06. The minimum Gasteiger partial charge on any atom is -0.468 e. The molecule has 0 aliphatic carbocycles. The van der Waals surface area contributed by atoms with E-state index in [0.29, 0.717) is 5.56 Å². The van der Waals surface area contributed by atoms with Crippen LogP contribution in [0.25, 0.3) is 0 Å². The van der Waals surface area contributed by atoms with Gasteiger partial charge in [0.05, 0.1) is 18.7 Å². The molecule has 0 bridgehead atoms. The zero-order valence-corrected chi connectivity index (χ0v) is 8.74. The second-order valence-electron chi connectivity index (χ2n) is 3.25. The summed E-state index contributed by atoms with van der Waals surface area (Å²) >= 11 is 0. The van der Waals surface area contributed by atoms with Gasteiger partial charge in [-0.3, -0.25) is 4.79 Å². The summed E-state index contributed by atoms with van der Waals surface area (Å²) in [4.78, 5) is 11.1. The first-order chi connectivity index (χ1) is 7.58. The SMILES string of the molecule is COC(=O)[C@@H](N)Cc1ccc(F)cc1C#N. The Bertz CT molecular complexity index is 440. The van der Waals surface area contributed by atoms with Crippen LogP contribution in [0.4, 0.5) is 4.39 Å². The number of ether oxygens (including phenoxy) is 1. The molecule has 1 aromatic carbocycles. The molecule has 1 rings (SSSR count). The summed E-state index contributed by atoms with van der Waals surface area (Å²) in [5.41, 5.74) is 6.25. The molecule has 5 heteroatoms. The molecule has 0 saturated heterocycles. The number of nitrogens with two attached hydrogens (primary N) is 1. The summed E-state index contributed by atoms with van der Waals surface area (Å²) in [7, 11) is 1.23. The van der Waals surface area contributed by atoms with Crippen molar-refractivity contribution in [3.05, 3.63) is 35.1 Å². The first kappa shape index (κ1) is 12.1. The van der Waals surface area contributed by atoms with Crippen LogP contribution in [0.1, 0.15) is 11.1 Å². The van der Waals surface area contributed by atoms with E-state index >= 15 is 0 Å². The van der Waals surface area contributed by atoms with Gasteiger partial charge in [-0.05, 0) is 24.1 Å². The number of methoxy groups -OCH3 is 1. The van der Waals surface area contributed by atoms with Crippen molar-refractivity contribution in [2.75, 3.05) is 7.11 Å². The van der Waals surface area contributed by atoms with Crippen molar-refractivity contribution >= 4 is 5.97 Å². The Morgan fingerprint density at radius 2 is 2.38 bits per heavy atom. The summed E-state index contributed by atoms with van der Waals surface area (Å²) in [6.45, 7) is 0. The molecule has 0 aliphatic rings. The molecule has 0 aromatic heterocycles. The number of nitriles is 1. The Morgan fingerprint density at radius 3 is 2.94 bits per heavy atom. The van der Waals surface area contributed by atoms with E-state index in [1.807, 2.05) is 6.07 Å². The highest BCUT2D eigenvalue weighted by Gasteiger charge is 2.16. The normalized spacial score (nSPS) is 11.6. The Labute approximate surface area is 92.4 Å². The standard InChI is InChI=1S/C11H11FN2O2/c1-16-11(15)10(14)5-7-2-3-9(12)4-8(7)6-13/h2-4,10H,5,14H2,1H3/t10-/m0/s1. The molecule has 84 valence electrons. The fourth-order valence-corrected chi connectivity index (χ4v) is 1.30. The molecule has 0 unspecified atom stereocenters. The van der Waals surface area contributed by atoms with Crippen LogP contribution in [0.5, 0.6) is 0 Å². The molecule has 0 radical (unpaired) electrons. The van der Waals surface area contributed by atoms with Crippen molar-refractivity contribution in [3.63, 3.8) is 0 Å². The van der Waals surface area contributed by atoms with E-state index in [0.717, 1.165) is 6.07 Å². The van der Waals surface area contributed by atoms with Crippen molar-refractivity contribution in [1.29, 1.82) is 5.26 Å². The number of halogens is 1. The van der Waals surface area contributed by atoms with Crippen LogP contribution >= 0.6 is 0 Å². The monoisotopic (exact) mass is 222 g/mol. The molecule has 0 fully saturated rings. The minimum atomic E-state index is -0.845. The second kappa shape index (κ2) is 5.24. The number of carbonyl (C=O) groups excluding carboxylic acids is 1. The van der Waals surface area contributed by atoms with Crippen LogP contribution in [0.15, 0.2) is 18.2 Å². The molecule has 0 saturated carbocycles. The number of benzene rings is 1. The molecular weight excluding hydrogens is 211 g/mol. The Balaban J connectivity index is 2.90. The molecule has 0 amide bonds. The van der Waals surface area contributed by atoms with Gasteiger partial charge in [0, 0.05) is 0 Å². The van der Waals surface area contributed by atoms with Gasteiger partial charge < -0.3 is 10.5 Å². The minimum absolute atomic E-state index is 0.149. The van der Waals surface area contributed by atoms with Crippen LogP contribution in [0.3, 0.4) is 0 Å². The van der Waals surface area contributed by atoms with Gasteiger partial charge in [-0.15, -0.1) is 0 Å². The van der Waals surface area contributed by atoms with E-state index in [1.165, 1.54) is 19.2 Å². The third-order valence-electron chi connectivity index (χ3n) is 2.14. The fourth-order valence-electron chi connectivity index (χ4n) is 1.30. The van der Waals surface area contributed by atoms with Crippen molar-refractivity contribution in [2.24, 2.45) is 5.73 Å². The molecule has 2 N–H and O–H groups in total. The van der Waals surface area contributed by atoms with Gasteiger partial charge in [0.2, 0.25) is 0 Å². The lowest BCUT2D eigenvalue weighted by molar-refractivity contribution is -0.142. The summed E-state index contributed by atoms with van der Waals surface area (Å²) in [6.07, 6.45) is 0.149. The molecule has 1 atom stereocenters. The summed E-state index contributed by atoms with van der Waals surface area (Å²) in [6, 6.07) is 4.78. The largest absolute Gasteiger partial charge is 0.468 e. The number of hydrogen-bond acceptors (Lipinski definition) is 4. The topological polar surface area (TPSA) is 76.1 Å². The molecule has 16 heavy (non-hydrogen) atoms. The van der Waals surface area contributed by atoms with Gasteiger partial charge in [0.1, 0.15) is 11.9 Å². The van der Waals surface area contributed by atoms with Gasteiger partial charge in [-0.1, -0.05) is 6.07 Å². The number of rotatable bonds is 3. The first-order valence-electron chi connectivity index (χ1n) is 4.60. The van der Waals surface area contributed by atoms with Gasteiger partial charge in [0.15, 0.2) is 0 Å². The predicted molar refractivity (Wildman–Crippen MR) is 54.8 cm³/mol. The number of carbonyl (C=O) groups is 1. The van der Waals surface area contributed by atoms with Crippen LogP contribution in [-0.2, 0) is 16.0 Å². The maximum atomic E-state index is 12.8. The zero-order valence-electron chi connectivity index (χ0n) is 8.74. The molecular formula is C11H11FN2O2. The number of esters is 1. The van der Waals surface area contributed by atoms with Crippen LogP contribution in [-0.4, -0.2) is 19.1 Å². The highest BCUT2D eigenvalue weighted by Crippen LogP contribution is 2.12. The van der Waals surface area contributed by atoms with Crippen molar-refractivity contribution in [2.45, 2.75) is 12.5 Å². The second-order valence-corrected chi connectivity index (χ2v) is 3.25. The zero-order chi connectivity index (χ0) is 12.1. The predicted octanol–water partition coefficient (Wildman–Crippen LogP) is 0.740. The van der Waals surface area contributed by atoms with Crippen LogP contribution < -0.4 is 5.73 Å². The van der Waals surface area contributed by atoms with Gasteiger partial charge in [-0.2, -0.15) is 5.26 Å². The maximum Gasteiger partial charge on any atom is 0.322 e. The average Bonchev–Trinajstić information content (AvgIpc) is 2.30. The van der Waals surface area contributed by atoms with Crippen LogP contribution in [0.2, 0.25) is 0 Å². The highest BCUT2D eigenvalue weighted by molar-refractivity contribution is 5.75. The molecule has 4 nitrogen and oxygen atoms in total. The Kier molecular flexibility index (Phi) is 3.97. The van der Waals surface area contributed by atoms with Crippen LogP contribution in [0, 0.1) is 17.1 Å². The van der Waals surface area contributed by atoms with Gasteiger partial charge >= 0.3 is 5.97 Å². The average molecular weight is 222 g/mol.